The van der Waals surface area contributed by atoms with Gasteiger partial charge in [-0.3, -0.25) is 9.59 Å². The third kappa shape index (κ3) is 4.57. The summed E-state index contributed by atoms with van der Waals surface area (Å²) in [4.78, 5) is 32.6. The zero-order chi connectivity index (χ0) is 22.9. The maximum Gasteiger partial charge on any atom is 0.255 e. The Morgan fingerprint density at radius 2 is 1.85 bits per heavy atom. The molecule has 1 atom stereocenters. The topological polar surface area (TPSA) is 73.8 Å². The third-order valence-corrected chi connectivity index (χ3v) is 6.64. The molecular weight excluding hydrogens is 439 g/mol. The number of anilines is 1. The summed E-state index contributed by atoms with van der Waals surface area (Å²) in [5.41, 5.74) is 3.24. The van der Waals surface area contributed by atoms with Crippen molar-refractivity contribution in [1.29, 1.82) is 0 Å². The molecule has 0 bridgehead atoms. The molecular formula is C25H23FN4O2S. The van der Waals surface area contributed by atoms with Crippen molar-refractivity contribution in [3.8, 4) is 0 Å². The third-order valence-electron chi connectivity index (χ3n) is 5.75. The lowest BCUT2D eigenvalue weighted by Gasteiger charge is -2.36. The highest BCUT2D eigenvalue weighted by Gasteiger charge is 2.40. The first-order chi connectivity index (χ1) is 16.0. The van der Waals surface area contributed by atoms with Crippen LogP contribution in [0.4, 0.5) is 10.1 Å². The number of para-hydroxylation sites is 1. The summed E-state index contributed by atoms with van der Waals surface area (Å²) < 4.78 is 13.7. The van der Waals surface area contributed by atoms with Crippen molar-refractivity contribution in [2.75, 3.05) is 5.32 Å². The number of halogens is 1. The molecule has 3 aliphatic rings. The van der Waals surface area contributed by atoms with E-state index in [1.54, 1.807) is 19.1 Å². The second-order valence-corrected chi connectivity index (χ2v) is 9.12. The van der Waals surface area contributed by atoms with Crippen LogP contribution in [0.15, 0.2) is 82.0 Å². The Balaban J connectivity index is 1.50. The van der Waals surface area contributed by atoms with Crippen LogP contribution in [0.25, 0.3) is 0 Å². The van der Waals surface area contributed by atoms with Crippen LogP contribution in [0, 0.1) is 5.82 Å². The van der Waals surface area contributed by atoms with Gasteiger partial charge >= 0.3 is 0 Å². The number of hydrogen-bond donors (Lipinski definition) is 2. The second-order valence-electron chi connectivity index (χ2n) is 8.28. The minimum atomic E-state index is -0.531. The zero-order valence-electron chi connectivity index (χ0n) is 18.0. The van der Waals surface area contributed by atoms with E-state index >= 15 is 0 Å². The highest BCUT2D eigenvalue weighted by molar-refractivity contribution is 8.16. The number of fused-ring (bicyclic) bond motifs is 1. The van der Waals surface area contributed by atoms with Crippen LogP contribution in [0.1, 0.15) is 37.8 Å². The minimum absolute atomic E-state index is 0.0509. The molecule has 0 radical (unpaired) electrons. The van der Waals surface area contributed by atoms with Crippen molar-refractivity contribution in [1.82, 2.24) is 10.2 Å². The SMILES string of the molecule is CC1=C(C(=O)Nc2ccccc2)C(c2ccc(F)cc2)N2C(CC(=O)NC3CC3)=CSC2=N1. The fourth-order valence-electron chi connectivity index (χ4n) is 4.01. The van der Waals surface area contributed by atoms with Gasteiger partial charge in [-0.1, -0.05) is 42.1 Å². The van der Waals surface area contributed by atoms with Crippen molar-refractivity contribution in [3.63, 3.8) is 0 Å². The van der Waals surface area contributed by atoms with Gasteiger partial charge in [-0.25, -0.2) is 9.38 Å². The van der Waals surface area contributed by atoms with E-state index in [1.807, 2.05) is 40.6 Å². The Bertz CT molecular complexity index is 1190. The minimum Gasteiger partial charge on any atom is -0.353 e. The second kappa shape index (κ2) is 8.86. The summed E-state index contributed by atoms with van der Waals surface area (Å²) in [6.07, 6.45) is 2.21. The van der Waals surface area contributed by atoms with Crippen molar-refractivity contribution in [2.24, 2.45) is 4.99 Å². The highest BCUT2D eigenvalue weighted by Crippen LogP contribution is 2.44. The number of hydrogen-bond acceptors (Lipinski definition) is 5. The molecule has 0 aromatic heterocycles. The molecule has 2 amide bonds. The van der Waals surface area contributed by atoms with E-state index in [4.69, 9.17) is 0 Å². The van der Waals surface area contributed by atoms with Gasteiger partial charge in [0, 0.05) is 17.4 Å². The van der Waals surface area contributed by atoms with Gasteiger partial charge in [0.25, 0.3) is 5.91 Å². The van der Waals surface area contributed by atoms with E-state index in [2.05, 4.69) is 15.6 Å². The number of thioether (sulfide) groups is 1. The van der Waals surface area contributed by atoms with E-state index in [0.29, 0.717) is 22.1 Å². The summed E-state index contributed by atoms with van der Waals surface area (Å²) in [7, 11) is 0. The number of benzene rings is 2. The van der Waals surface area contributed by atoms with E-state index < -0.39 is 6.04 Å². The van der Waals surface area contributed by atoms with E-state index in [0.717, 1.165) is 24.1 Å². The van der Waals surface area contributed by atoms with E-state index in [-0.39, 0.29) is 30.1 Å². The van der Waals surface area contributed by atoms with E-state index in [9.17, 15) is 14.0 Å². The van der Waals surface area contributed by atoms with Gasteiger partial charge < -0.3 is 15.5 Å². The Morgan fingerprint density at radius 3 is 2.55 bits per heavy atom. The van der Waals surface area contributed by atoms with Gasteiger partial charge in [0.05, 0.1) is 23.7 Å². The van der Waals surface area contributed by atoms with Crippen LogP contribution in [-0.2, 0) is 9.59 Å². The molecule has 6 nitrogen and oxygen atoms in total. The number of nitrogens with one attached hydrogen (secondary N) is 2. The maximum atomic E-state index is 13.7. The van der Waals surface area contributed by atoms with E-state index in [1.165, 1.54) is 23.9 Å². The molecule has 0 spiro atoms. The molecule has 1 unspecified atom stereocenters. The quantitative estimate of drug-likeness (QED) is 0.652. The normalized spacial score (nSPS) is 19.6. The molecule has 0 saturated heterocycles. The number of allylic oxidation sites excluding steroid dienone is 1. The summed E-state index contributed by atoms with van der Waals surface area (Å²) in [6, 6.07) is 15.1. The van der Waals surface area contributed by atoms with Crippen molar-refractivity contribution in [3.05, 3.63) is 88.4 Å². The largest absolute Gasteiger partial charge is 0.353 e. The highest BCUT2D eigenvalue weighted by atomic mass is 32.2. The number of nitrogens with zero attached hydrogens (tertiary/aromatic N) is 2. The summed E-state index contributed by atoms with van der Waals surface area (Å²) in [5, 5.41) is 8.58. The fraction of sp³-hybridized carbons (Fsp3) is 0.240. The average Bonchev–Trinajstić information content (AvgIpc) is 3.53. The van der Waals surface area contributed by atoms with Gasteiger partial charge in [-0.05, 0) is 55.0 Å². The molecule has 168 valence electrons. The fourth-order valence-corrected chi connectivity index (χ4v) is 4.98. The number of aliphatic imine (C=N–C) groups is 1. The zero-order valence-corrected chi connectivity index (χ0v) is 18.9. The molecule has 1 saturated carbocycles. The van der Waals surface area contributed by atoms with Gasteiger partial charge in [-0.2, -0.15) is 0 Å². The predicted octanol–water partition coefficient (Wildman–Crippen LogP) is 4.71. The van der Waals surface area contributed by atoms with Crippen LogP contribution in [0.2, 0.25) is 0 Å². The standard InChI is InChI=1S/C25H23FN4O2S/c1-15-22(24(32)29-18-5-3-2-4-6-18)23(16-7-9-17(26)10-8-16)30-20(14-33-25(30)27-15)13-21(31)28-19-11-12-19/h2-10,14,19,23H,11-13H2,1H3,(H,28,31)(H,29,32). The first kappa shape index (κ1) is 21.5. The van der Waals surface area contributed by atoms with Crippen molar-refractivity contribution < 1.29 is 14.0 Å². The molecule has 2 heterocycles. The maximum absolute atomic E-state index is 13.7. The Morgan fingerprint density at radius 1 is 1.12 bits per heavy atom. The lowest BCUT2D eigenvalue weighted by Crippen LogP contribution is -2.39. The smallest absolute Gasteiger partial charge is 0.255 e. The molecule has 1 aliphatic carbocycles. The van der Waals surface area contributed by atoms with Crippen LogP contribution in [0.3, 0.4) is 0 Å². The van der Waals surface area contributed by atoms with Crippen LogP contribution in [-0.4, -0.2) is 27.9 Å². The summed E-state index contributed by atoms with van der Waals surface area (Å²) >= 11 is 1.43. The number of carbonyl (C=O) groups excluding carboxylic acids is 2. The van der Waals surface area contributed by atoms with Gasteiger partial charge in [0.2, 0.25) is 5.91 Å². The molecule has 2 aliphatic heterocycles. The van der Waals surface area contributed by atoms with Crippen LogP contribution >= 0.6 is 11.8 Å². The molecule has 1 fully saturated rings. The monoisotopic (exact) mass is 462 g/mol. The summed E-state index contributed by atoms with van der Waals surface area (Å²) in [6.45, 7) is 1.80. The molecule has 2 aromatic rings. The van der Waals surface area contributed by atoms with Crippen molar-refractivity contribution >= 4 is 34.4 Å². The number of amidine groups is 1. The average molecular weight is 463 g/mol. The van der Waals surface area contributed by atoms with Gasteiger partial charge in [-0.15, -0.1) is 0 Å². The van der Waals surface area contributed by atoms with Crippen LogP contribution in [0.5, 0.6) is 0 Å². The number of amides is 2. The summed E-state index contributed by atoms with van der Waals surface area (Å²) in [5.74, 6) is -0.686. The molecule has 8 heteroatoms. The Labute approximate surface area is 195 Å². The molecule has 33 heavy (non-hydrogen) atoms. The first-order valence-electron chi connectivity index (χ1n) is 10.9. The number of rotatable bonds is 6. The first-order valence-corrected chi connectivity index (χ1v) is 11.7. The lowest BCUT2D eigenvalue weighted by atomic mass is 9.93. The van der Waals surface area contributed by atoms with Crippen molar-refractivity contribution in [2.45, 2.75) is 38.3 Å². The lowest BCUT2D eigenvalue weighted by molar-refractivity contribution is -0.120. The Kier molecular flexibility index (Phi) is 5.76. The van der Waals surface area contributed by atoms with Crippen LogP contribution < -0.4 is 10.6 Å². The Hall–Kier alpha value is -3.39. The van der Waals surface area contributed by atoms with Gasteiger partial charge in [0.15, 0.2) is 5.17 Å². The molecule has 2 aromatic carbocycles. The van der Waals surface area contributed by atoms with Gasteiger partial charge in [0.1, 0.15) is 5.82 Å². The number of carbonyl (C=O) groups is 2. The predicted molar refractivity (Wildman–Crippen MR) is 128 cm³/mol. The molecule has 5 rings (SSSR count). The molecule has 2 N–H and O–H groups in total.